The van der Waals surface area contributed by atoms with Crippen LogP contribution in [-0.2, 0) is 0 Å². The highest BCUT2D eigenvalue weighted by Gasteiger charge is 2.21. The number of benzene rings is 1. The van der Waals surface area contributed by atoms with Gasteiger partial charge in [0, 0.05) is 24.3 Å². The molecule has 1 aliphatic heterocycles. The first-order valence-corrected chi connectivity index (χ1v) is 8.01. The average molecular weight is 383 g/mol. The van der Waals surface area contributed by atoms with E-state index in [1.54, 1.807) is 6.07 Å². The van der Waals surface area contributed by atoms with Gasteiger partial charge in [0.05, 0.1) is 11.2 Å². The molecule has 0 aliphatic carbocycles. The van der Waals surface area contributed by atoms with Crippen LogP contribution < -0.4 is 10.6 Å². The number of imidazole rings is 1. The minimum Gasteiger partial charge on any atom is -0.325 e. The highest BCUT2D eigenvalue weighted by Crippen LogP contribution is 2.29. The summed E-state index contributed by atoms with van der Waals surface area (Å²) in [6, 6.07) is 12.6. The van der Waals surface area contributed by atoms with Crippen molar-refractivity contribution in [2.24, 2.45) is 0 Å². The third-order valence-corrected chi connectivity index (χ3v) is 4.34. The molecule has 7 heteroatoms. The molecule has 0 spiro atoms. The van der Waals surface area contributed by atoms with Crippen LogP contribution in [0.3, 0.4) is 0 Å². The van der Waals surface area contributed by atoms with Crippen molar-refractivity contribution < 1.29 is 4.39 Å². The maximum Gasteiger partial charge on any atom is 0.212 e. The zero-order valence-corrected chi connectivity index (χ0v) is 15.2. The molecule has 4 rings (SSSR count). The molecule has 1 saturated heterocycles. The Morgan fingerprint density at radius 2 is 2.04 bits per heavy atom. The molecular weight excluding hydrogens is 362 g/mol. The van der Waals surface area contributed by atoms with Crippen molar-refractivity contribution in [3.63, 3.8) is 0 Å². The zero-order valence-electron chi connectivity index (χ0n) is 13.6. The lowest BCUT2D eigenvalue weighted by Crippen LogP contribution is -2.28. The van der Waals surface area contributed by atoms with Crippen molar-refractivity contribution in [3.8, 4) is 0 Å². The Balaban J connectivity index is 0.00000113. The van der Waals surface area contributed by atoms with Crippen LogP contribution in [0.5, 0.6) is 0 Å². The minimum atomic E-state index is -0.257. The molecule has 0 radical (unpaired) electrons. The summed E-state index contributed by atoms with van der Waals surface area (Å²) in [7, 11) is 0. The van der Waals surface area contributed by atoms with Gasteiger partial charge in [-0.25, -0.2) is 9.37 Å². The molecule has 3 heterocycles. The lowest BCUT2D eigenvalue weighted by atomic mass is 9.95. The van der Waals surface area contributed by atoms with E-state index in [4.69, 9.17) is 4.98 Å². The summed E-state index contributed by atoms with van der Waals surface area (Å²) < 4.78 is 15.4. The van der Waals surface area contributed by atoms with Gasteiger partial charge in [-0.05, 0) is 49.7 Å². The van der Waals surface area contributed by atoms with Gasteiger partial charge in [0.15, 0.2) is 0 Å². The van der Waals surface area contributed by atoms with Gasteiger partial charge >= 0.3 is 0 Å². The summed E-state index contributed by atoms with van der Waals surface area (Å²) in [4.78, 5) is 4.83. The van der Waals surface area contributed by atoms with Crippen LogP contribution in [0, 0.1) is 5.82 Å². The Morgan fingerprint density at radius 1 is 1.16 bits per heavy atom. The SMILES string of the molecule is Cl.Cl.Fc1cccc(Nc2nc(C3CCCNC3)c3ccccn23)c1. The van der Waals surface area contributed by atoms with Gasteiger partial charge in [-0.2, -0.15) is 0 Å². The number of rotatable bonds is 3. The molecule has 1 aliphatic rings. The third-order valence-electron chi connectivity index (χ3n) is 4.34. The van der Waals surface area contributed by atoms with E-state index in [0.29, 0.717) is 11.6 Å². The molecule has 2 N–H and O–H groups in total. The van der Waals surface area contributed by atoms with Crippen LogP contribution in [0.15, 0.2) is 48.7 Å². The van der Waals surface area contributed by atoms with E-state index in [-0.39, 0.29) is 30.6 Å². The Morgan fingerprint density at radius 3 is 2.80 bits per heavy atom. The smallest absolute Gasteiger partial charge is 0.212 e. The predicted octanol–water partition coefficient (Wildman–Crippen LogP) is 4.53. The Kier molecular flexibility index (Phi) is 6.64. The summed E-state index contributed by atoms with van der Waals surface area (Å²) in [6.07, 6.45) is 4.31. The van der Waals surface area contributed by atoms with Crippen molar-refractivity contribution >= 4 is 42.0 Å². The topological polar surface area (TPSA) is 41.4 Å². The summed E-state index contributed by atoms with van der Waals surface area (Å²) >= 11 is 0. The number of anilines is 2. The first-order valence-electron chi connectivity index (χ1n) is 8.01. The quantitative estimate of drug-likeness (QED) is 0.699. The normalized spacial score (nSPS) is 16.8. The van der Waals surface area contributed by atoms with Crippen LogP contribution in [0.25, 0.3) is 5.52 Å². The van der Waals surface area contributed by atoms with E-state index >= 15 is 0 Å². The molecule has 134 valence electrons. The Bertz CT molecular complexity index is 831. The number of nitrogens with one attached hydrogen (secondary N) is 2. The van der Waals surface area contributed by atoms with Gasteiger partial charge in [-0.15, -0.1) is 24.8 Å². The summed E-state index contributed by atoms with van der Waals surface area (Å²) in [5, 5.41) is 6.68. The molecule has 4 nitrogen and oxygen atoms in total. The number of hydrogen-bond donors (Lipinski definition) is 2. The van der Waals surface area contributed by atoms with Gasteiger partial charge in [0.25, 0.3) is 0 Å². The largest absolute Gasteiger partial charge is 0.325 e. The monoisotopic (exact) mass is 382 g/mol. The fraction of sp³-hybridized carbons (Fsp3) is 0.278. The first kappa shape index (κ1) is 19.5. The third kappa shape index (κ3) is 4.06. The van der Waals surface area contributed by atoms with Gasteiger partial charge < -0.3 is 10.6 Å². The van der Waals surface area contributed by atoms with Crippen LogP contribution in [0.2, 0.25) is 0 Å². The lowest BCUT2D eigenvalue weighted by molar-refractivity contribution is 0.458. The molecule has 0 amide bonds. The fourth-order valence-electron chi connectivity index (χ4n) is 3.23. The van der Waals surface area contributed by atoms with E-state index in [0.717, 1.165) is 36.7 Å². The predicted molar refractivity (Wildman–Crippen MR) is 104 cm³/mol. The Hall–Kier alpha value is -1.82. The summed E-state index contributed by atoms with van der Waals surface area (Å²) in [6.45, 7) is 2.04. The highest BCUT2D eigenvalue weighted by molar-refractivity contribution is 5.85. The van der Waals surface area contributed by atoms with Crippen molar-refractivity contribution in [2.75, 3.05) is 18.4 Å². The maximum atomic E-state index is 13.4. The first-order chi connectivity index (χ1) is 11.3. The number of aromatic nitrogens is 2. The van der Waals surface area contributed by atoms with E-state index in [1.165, 1.54) is 18.6 Å². The van der Waals surface area contributed by atoms with Gasteiger partial charge in [0.1, 0.15) is 5.82 Å². The van der Waals surface area contributed by atoms with E-state index in [2.05, 4.69) is 16.7 Å². The van der Waals surface area contributed by atoms with Crippen molar-refractivity contribution in [1.29, 1.82) is 0 Å². The minimum absolute atomic E-state index is 0. The molecule has 1 fully saturated rings. The summed E-state index contributed by atoms with van der Waals surface area (Å²) in [5.74, 6) is 0.892. The van der Waals surface area contributed by atoms with Crippen LogP contribution in [-0.4, -0.2) is 22.5 Å². The number of halogens is 3. The van der Waals surface area contributed by atoms with Crippen LogP contribution in [0.4, 0.5) is 16.0 Å². The molecule has 1 aromatic carbocycles. The molecule has 3 aromatic rings. The van der Waals surface area contributed by atoms with Gasteiger partial charge in [0.2, 0.25) is 5.95 Å². The molecule has 25 heavy (non-hydrogen) atoms. The van der Waals surface area contributed by atoms with E-state index < -0.39 is 0 Å². The van der Waals surface area contributed by atoms with Crippen LogP contribution in [0.1, 0.15) is 24.5 Å². The molecule has 0 saturated carbocycles. The second-order valence-electron chi connectivity index (χ2n) is 5.96. The molecular formula is C18H21Cl2FN4. The fourth-order valence-corrected chi connectivity index (χ4v) is 3.23. The van der Waals surface area contributed by atoms with Gasteiger partial charge in [-0.3, -0.25) is 4.40 Å². The molecule has 1 atom stereocenters. The van der Waals surface area contributed by atoms with Crippen molar-refractivity contribution in [1.82, 2.24) is 14.7 Å². The second kappa shape index (κ2) is 8.52. The maximum absolute atomic E-state index is 13.4. The number of fused-ring (bicyclic) bond motifs is 1. The van der Waals surface area contributed by atoms with Crippen molar-refractivity contribution in [2.45, 2.75) is 18.8 Å². The van der Waals surface area contributed by atoms with Gasteiger partial charge in [-0.1, -0.05) is 12.1 Å². The van der Waals surface area contributed by atoms with Crippen molar-refractivity contribution in [3.05, 3.63) is 60.2 Å². The zero-order chi connectivity index (χ0) is 15.6. The molecule has 0 bridgehead atoms. The van der Waals surface area contributed by atoms with E-state index in [9.17, 15) is 4.39 Å². The number of hydrogen-bond acceptors (Lipinski definition) is 3. The highest BCUT2D eigenvalue weighted by atomic mass is 35.5. The number of nitrogens with zero attached hydrogens (tertiary/aromatic N) is 2. The summed E-state index contributed by atoms with van der Waals surface area (Å²) in [5.41, 5.74) is 2.92. The molecule has 1 unspecified atom stereocenters. The van der Waals surface area contributed by atoms with Crippen LogP contribution >= 0.6 is 24.8 Å². The number of pyridine rings is 1. The number of piperidine rings is 1. The average Bonchev–Trinajstić information content (AvgIpc) is 2.95. The standard InChI is InChI=1S/C18H19FN4.2ClH/c19-14-6-3-7-15(11-14)21-18-22-17(13-5-4-9-20-12-13)16-8-1-2-10-23(16)18;;/h1-3,6-8,10-11,13,20H,4-5,9,12H2,(H,21,22);2*1H. The van der Waals surface area contributed by atoms with E-state index in [1.807, 2.05) is 28.8 Å². The molecule has 2 aromatic heterocycles. The lowest BCUT2D eigenvalue weighted by Gasteiger charge is -2.21. The Labute approximate surface area is 158 Å². The second-order valence-corrected chi connectivity index (χ2v) is 5.96.